The Kier molecular flexibility index (Phi) is 3.52. The summed E-state index contributed by atoms with van der Waals surface area (Å²) in [6.45, 7) is 17.7. The Morgan fingerprint density at radius 2 is 1.53 bits per heavy atom. The molecule has 0 saturated carbocycles. The Bertz CT molecular complexity index is 215. The van der Waals surface area contributed by atoms with E-state index in [-0.39, 0.29) is 5.54 Å². The van der Waals surface area contributed by atoms with Crippen LogP contribution >= 0.6 is 0 Å². The maximum absolute atomic E-state index is 2.65. The number of hydrogen-bond acceptors (Lipinski definition) is 2. The number of rotatable bonds is 1. The predicted molar refractivity (Wildman–Crippen MR) is 67.2 cm³/mol. The van der Waals surface area contributed by atoms with Gasteiger partial charge in [0.05, 0.1) is 0 Å². The molecule has 1 aliphatic heterocycles. The van der Waals surface area contributed by atoms with E-state index >= 15 is 0 Å². The SMILES string of the molecule is C[C@H]1CN(C(C)(C)C(C)(C)C)CCN1C. The second-order valence-electron chi connectivity index (χ2n) is 6.58. The molecule has 0 spiro atoms. The molecule has 1 atom stereocenters. The van der Waals surface area contributed by atoms with Crippen LogP contribution in [-0.2, 0) is 0 Å². The molecule has 0 amide bonds. The van der Waals surface area contributed by atoms with Crippen molar-refractivity contribution in [3.05, 3.63) is 0 Å². The van der Waals surface area contributed by atoms with E-state index in [9.17, 15) is 0 Å². The average Bonchev–Trinajstić information content (AvgIpc) is 2.07. The Balaban J connectivity index is 2.73. The minimum Gasteiger partial charge on any atom is -0.301 e. The third-order valence-corrected chi connectivity index (χ3v) is 4.59. The molecule has 90 valence electrons. The number of likely N-dealkylation sites (N-methyl/N-ethyl adjacent to an activating group) is 1. The molecular formula is C13H28N2. The van der Waals surface area contributed by atoms with Crippen LogP contribution < -0.4 is 0 Å². The van der Waals surface area contributed by atoms with Crippen molar-refractivity contribution in [1.82, 2.24) is 9.80 Å². The molecule has 0 N–H and O–H groups in total. The second-order valence-corrected chi connectivity index (χ2v) is 6.58. The fourth-order valence-corrected chi connectivity index (χ4v) is 2.03. The van der Waals surface area contributed by atoms with Crippen LogP contribution in [0.25, 0.3) is 0 Å². The van der Waals surface area contributed by atoms with Crippen molar-refractivity contribution in [2.75, 3.05) is 26.7 Å². The minimum atomic E-state index is 0.280. The van der Waals surface area contributed by atoms with E-state index in [1.165, 1.54) is 19.6 Å². The minimum absolute atomic E-state index is 0.280. The highest BCUT2D eigenvalue weighted by atomic mass is 15.3. The summed E-state index contributed by atoms with van der Waals surface area (Å²) in [6.07, 6.45) is 0. The molecule has 0 aromatic heterocycles. The standard InChI is InChI=1S/C13H28N2/c1-11-10-15(9-8-14(11)7)13(5,6)12(2,3)4/h11H,8-10H2,1-7H3/t11-/m0/s1. The van der Waals surface area contributed by atoms with E-state index in [2.05, 4.69) is 58.4 Å². The molecule has 0 bridgehead atoms. The third kappa shape index (κ3) is 2.54. The highest BCUT2D eigenvalue weighted by Gasteiger charge is 2.40. The Labute approximate surface area is 95.6 Å². The summed E-state index contributed by atoms with van der Waals surface area (Å²) in [7, 11) is 2.23. The lowest BCUT2D eigenvalue weighted by atomic mass is 9.74. The first-order valence-corrected chi connectivity index (χ1v) is 6.11. The zero-order valence-electron chi connectivity index (χ0n) is 11.6. The van der Waals surface area contributed by atoms with Crippen LogP contribution in [0.15, 0.2) is 0 Å². The van der Waals surface area contributed by atoms with Crippen molar-refractivity contribution in [1.29, 1.82) is 0 Å². The van der Waals surface area contributed by atoms with Gasteiger partial charge in [-0.1, -0.05) is 20.8 Å². The molecule has 1 heterocycles. The van der Waals surface area contributed by atoms with E-state index < -0.39 is 0 Å². The van der Waals surface area contributed by atoms with Gasteiger partial charge in [-0.05, 0) is 33.2 Å². The van der Waals surface area contributed by atoms with Gasteiger partial charge in [0.2, 0.25) is 0 Å². The highest BCUT2D eigenvalue weighted by Crippen LogP contribution is 2.36. The first-order chi connectivity index (χ1) is 6.66. The van der Waals surface area contributed by atoms with Crippen LogP contribution in [0, 0.1) is 5.41 Å². The molecule has 15 heavy (non-hydrogen) atoms. The quantitative estimate of drug-likeness (QED) is 0.659. The summed E-state index contributed by atoms with van der Waals surface area (Å²) in [5.74, 6) is 0. The molecule has 1 rings (SSSR count). The summed E-state index contributed by atoms with van der Waals surface area (Å²) in [5.41, 5.74) is 0.616. The monoisotopic (exact) mass is 212 g/mol. The topological polar surface area (TPSA) is 6.48 Å². The van der Waals surface area contributed by atoms with Crippen LogP contribution in [0.2, 0.25) is 0 Å². The molecule has 0 aromatic carbocycles. The Hall–Kier alpha value is -0.0800. The van der Waals surface area contributed by atoms with Gasteiger partial charge >= 0.3 is 0 Å². The van der Waals surface area contributed by atoms with Crippen molar-refractivity contribution < 1.29 is 0 Å². The van der Waals surface area contributed by atoms with Gasteiger partial charge < -0.3 is 4.90 Å². The lowest BCUT2D eigenvalue weighted by molar-refractivity contribution is -0.0252. The summed E-state index contributed by atoms with van der Waals surface area (Å²) < 4.78 is 0. The summed E-state index contributed by atoms with van der Waals surface area (Å²) in [5, 5.41) is 0. The molecular weight excluding hydrogens is 184 g/mol. The summed E-state index contributed by atoms with van der Waals surface area (Å²) >= 11 is 0. The van der Waals surface area contributed by atoms with E-state index in [4.69, 9.17) is 0 Å². The Morgan fingerprint density at radius 3 is 1.93 bits per heavy atom. The molecule has 0 aliphatic carbocycles. The molecule has 1 fully saturated rings. The van der Waals surface area contributed by atoms with E-state index in [1.54, 1.807) is 0 Å². The van der Waals surface area contributed by atoms with Gasteiger partial charge in [-0.2, -0.15) is 0 Å². The maximum atomic E-state index is 2.65. The van der Waals surface area contributed by atoms with Crippen molar-refractivity contribution in [2.45, 2.75) is 53.1 Å². The molecule has 1 aliphatic rings. The highest BCUT2D eigenvalue weighted by molar-refractivity contribution is 4.95. The zero-order valence-corrected chi connectivity index (χ0v) is 11.6. The smallest absolute Gasteiger partial charge is 0.0202 e. The number of piperazine rings is 1. The van der Waals surface area contributed by atoms with E-state index in [0.717, 1.165) is 0 Å². The van der Waals surface area contributed by atoms with E-state index in [1.807, 2.05) is 0 Å². The van der Waals surface area contributed by atoms with Gasteiger partial charge in [0, 0.05) is 31.2 Å². The van der Waals surface area contributed by atoms with Gasteiger partial charge in [-0.3, -0.25) is 4.90 Å². The summed E-state index contributed by atoms with van der Waals surface area (Å²) in [4.78, 5) is 5.10. The van der Waals surface area contributed by atoms with Crippen molar-refractivity contribution >= 4 is 0 Å². The van der Waals surface area contributed by atoms with Gasteiger partial charge in [0.15, 0.2) is 0 Å². The number of nitrogens with zero attached hydrogens (tertiary/aromatic N) is 2. The Morgan fingerprint density at radius 1 is 1.00 bits per heavy atom. The van der Waals surface area contributed by atoms with Crippen LogP contribution in [0.5, 0.6) is 0 Å². The van der Waals surface area contributed by atoms with Crippen LogP contribution in [0.3, 0.4) is 0 Å². The fraction of sp³-hybridized carbons (Fsp3) is 1.00. The van der Waals surface area contributed by atoms with Gasteiger partial charge in [-0.25, -0.2) is 0 Å². The normalized spacial score (nSPS) is 27.0. The first-order valence-electron chi connectivity index (χ1n) is 6.11. The summed E-state index contributed by atoms with van der Waals surface area (Å²) in [6, 6.07) is 0.681. The van der Waals surface area contributed by atoms with Crippen molar-refractivity contribution in [3.8, 4) is 0 Å². The predicted octanol–water partition coefficient (Wildman–Crippen LogP) is 2.45. The van der Waals surface area contributed by atoms with Crippen LogP contribution in [-0.4, -0.2) is 48.1 Å². The molecule has 2 heteroatoms. The molecule has 0 aromatic rings. The molecule has 0 unspecified atom stereocenters. The molecule has 2 nitrogen and oxygen atoms in total. The van der Waals surface area contributed by atoms with Crippen LogP contribution in [0.4, 0.5) is 0 Å². The van der Waals surface area contributed by atoms with Gasteiger partial charge in [-0.15, -0.1) is 0 Å². The average molecular weight is 212 g/mol. The largest absolute Gasteiger partial charge is 0.301 e. The molecule has 1 saturated heterocycles. The van der Waals surface area contributed by atoms with Gasteiger partial charge in [0.25, 0.3) is 0 Å². The van der Waals surface area contributed by atoms with Crippen molar-refractivity contribution in [2.24, 2.45) is 5.41 Å². The molecule has 0 radical (unpaired) electrons. The zero-order chi connectivity index (χ0) is 11.9. The fourth-order valence-electron chi connectivity index (χ4n) is 2.03. The number of hydrogen-bond donors (Lipinski definition) is 0. The second kappa shape index (κ2) is 4.06. The lowest BCUT2D eigenvalue weighted by Crippen LogP contribution is -2.61. The van der Waals surface area contributed by atoms with Crippen molar-refractivity contribution in [3.63, 3.8) is 0 Å². The third-order valence-electron chi connectivity index (χ3n) is 4.59. The maximum Gasteiger partial charge on any atom is 0.0202 e. The van der Waals surface area contributed by atoms with Crippen LogP contribution in [0.1, 0.15) is 41.5 Å². The lowest BCUT2D eigenvalue weighted by Gasteiger charge is -2.52. The first kappa shape index (κ1) is 13.0. The van der Waals surface area contributed by atoms with E-state index in [0.29, 0.717) is 11.5 Å². The van der Waals surface area contributed by atoms with Gasteiger partial charge in [0.1, 0.15) is 0 Å².